The predicted molar refractivity (Wildman–Crippen MR) is 60.5 cm³/mol. The Bertz CT molecular complexity index is 348. The van der Waals surface area contributed by atoms with Gasteiger partial charge in [0.25, 0.3) is 0 Å². The van der Waals surface area contributed by atoms with Gasteiger partial charge in [0.05, 0.1) is 13.2 Å². The average molecular weight is 225 g/mol. The van der Waals surface area contributed by atoms with Crippen LogP contribution in [-0.4, -0.2) is 37.3 Å². The molecule has 2 unspecified atom stereocenters. The van der Waals surface area contributed by atoms with Crippen molar-refractivity contribution < 1.29 is 4.74 Å². The van der Waals surface area contributed by atoms with Crippen LogP contribution in [0.3, 0.4) is 0 Å². The second-order valence-corrected chi connectivity index (χ2v) is 5.19. The third-order valence-electron chi connectivity index (χ3n) is 3.00. The summed E-state index contributed by atoms with van der Waals surface area (Å²) < 4.78 is 5.32. The molecular formula is C10H15N3OS. The topological polar surface area (TPSA) is 51.4 Å². The minimum Gasteiger partial charge on any atom is -0.378 e. The van der Waals surface area contributed by atoms with Crippen LogP contribution in [0.1, 0.15) is 17.2 Å². The van der Waals surface area contributed by atoms with E-state index in [1.807, 2.05) is 6.20 Å². The molecule has 1 aliphatic heterocycles. The van der Waals surface area contributed by atoms with Crippen LogP contribution in [0.5, 0.6) is 0 Å². The van der Waals surface area contributed by atoms with Crippen LogP contribution in [0.15, 0.2) is 6.20 Å². The molecular weight excluding hydrogens is 210 g/mol. The van der Waals surface area contributed by atoms with Gasteiger partial charge in [-0.25, -0.2) is 4.98 Å². The van der Waals surface area contributed by atoms with Crippen molar-refractivity contribution in [1.29, 1.82) is 0 Å². The highest BCUT2D eigenvalue weighted by atomic mass is 32.1. The third kappa shape index (κ3) is 1.87. The van der Waals surface area contributed by atoms with Gasteiger partial charge >= 0.3 is 0 Å². The number of nitrogens with two attached hydrogens (primary N) is 1. The van der Waals surface area contributed by atoms with Crippen LogP contribution in [0.2, 0.25) is 0 Å². The first-order valence-electron chi connectivity index (χ1n) is 5.38. The molecule has 5 heteroatoms. The number of anilines is 1. The number of thiazole rings is 1. The van der Waals surface area contributed by atoms with Crippen molar-refractivity contribution >= 4 is 16.5 Å². The first-order valence-corrected chi connectivity index (χ1v) is 6.20. The lowest BCUT2D eigenvalue weighted by Crippen LogP contribution is -2.36. The Morgan fingerprint density at radius 1 is 1.47 bits per heavy atom. The summed E-state index contributed by atoms with van der Waals surface area (Å²) in [4.78, 5) is 8.12. The number of hydrogen-bond donors (Lipinski definition) is 1. The third-order valence-corrected chi connectivity index (χ3v) is 4.19. The average Bonchev–Trinajstić information content (AvgIpc) is 2.83. The van der Waals surface area contributed by atoms with Gasteiger partial charge in [-0.1, -0.05) is 0 Å². The Balaban J connectivity index is 1.72. The lowest BCUT2D eigenvalue weighted by atomic mass is 10.4. The summed E-state index contributed by atoms with van der Waals surface area (Å²) in [5.74, 6) is 0.581. The van der Waals surface area contributed by atoms with E-state index in [0.717, 1.165) is 37.9 Å². The fourth-order valence-electron chi connectivity index (χ4n) is 1.89. The smallest absolute Gasteiger partial charge is 0.185 e. The zero-order valence-corrected chi connectivity index (χ0v) is 9.37. The maximum atomic E-state index is 5.83. The highest BCUT2D eigenvalue weighted by molar-refractivity contribution is 7.15. The highest BCUT2D eigenvalue weighted by Gasteiger charge is 2.36. The van der Waals surface area contributed by atoms with E-state index >= 15 is 0 Å². The summed E-state index contributed by atoms with van der Waals surface area (Å²) in [7, 11) is 0. The van der Waals surface area contributed by atoms with Crippen LogP contribution >= 0.6 is 11.3 Å². The van der Waals surface area contributed by atoms with E-state index in [1.54, 1.807) is 11.3 Å². The number of nitrogens with zero attached hydrogens (tertiary/aromatic N) is 2. The fourth-order valence-corrected chi connectivity index (χ4v) is 3.05. The number of ether oxygens (including phenoxy) is 1. The van der Waals surface area contributed by atoms with E-state index in [4.69, 9.17) is 10.5 Å². The SMILES string of the molecule is NC1CC1c1cnc(N2CCOCC2)s1. The molecule has 15 heavy (non-hydrogen) atoms. The van der Waals surface area contributed by atoms with E-state index in [9.17, 15) is 0 Å². The van der Waals surface area contributed by atoms with Crippen LogP contribution in [0.25, 0.3) is 0 Å². The van der Waals surface area contributed by atoms with Crippen molar-refractivity contribution in [3.05, 3.63) is 11.1 Å². The summed E-state index contributed by atoms with van der Waals surface area (Å²) >= 11 is 1.79. The van der Waals surface area contributed by atoms with Crippen molar-refractivity contribution in [3.63, 3.8) is 0 Å². The molecule has 0 bridgehead atoms. The summed E-state index contributed by atoms with van der Waals surface area (Å²) in [6, 6.07) is 0.378. The van der Waals surface area contributed by atoms with Crippen LogP contribution in [0.4, 0.5) is 5.13 Å². The second-order valence-electron chi connectivity index (χ2n) is 4.15. The van der Waals surface area contributed by atoms with E-state index in [1.165, 1.54) is 4.88 Å². The molecule has 2 fully saturated rings. The van der Waals surface area contributed by atoms with E-state index in [2.05, 4.69) is 9.88 Å². The predicted octanol–water partition coefficient (Wildman–Crippen LogP) is 0.794. The summed E-state index contributed by atoms with van der Waals surface area (Å²) in [6.07, 6.45) is 3.12. The first-order chi connectivity index (χ1) is 7.34. The lowest BCUT2D eigenvalue weighted by Gasteiger charge is -2.25. The summed E-state index contributed by atoms with van der Waals surface area (Å²) in [5.41, 5.74) is 5.83. The molecule has 1 aromatic rings. The maximum absolute atomic E-state index is 5.83. The zero-order chi connectivity index (χ0) is 10.3. The first kappa shape index (κ1) is 9.57. The van der Waals surface area contributed by atoms with Crippen molar-refractivity contribution in [2.24, 2.45) is 5.73 Å². The molecule has 0 spiro atoms. The van der Waals surface area contributed by atoms with E-state index in [-0.39, 0.29) is 0 Å². The van der Waals surface area contributed by atoms with Crippen LogP contribution in [0, 0.1) is 0 Å². The van der Waals surface area contributed by atoms with Gasteiger partial charge < -0.3 is 15.4 Å². The number of morpholine rings is 1. The fraction of sp³-hybridized carbons (Fsp3) is 0.700. The molecule has 1 saturated carbocycles. The van der Waals surface area contributed by atoms with Gasteiger partial charge in [-0.15, -0.1) is 11.3 Å². The molecule has 1 aliphatic carbocycles. The largest absolute Gasteiger partial charge is 0.378 e. The molecule has 0 amide bonds. The number of aromatic nitrogens is 1. The molecule has 2 N–H and O–H groups in total. The maximum Gasteiger partial charge on any atom is 0.185 e. The molecule has 4 nitrogen and oxygen atoms in total. The summed E-state index contributed by atoms with van der Waals surface area (Å²) in [5, 5.41) is 1.13. The van der Waals surface area contributed by atoms with Gasteiger partial charge in [0.15, 0.2) is 5.13 Å². The Morgan fingerprint density at radius 2 is 2.20 bits per heavy atom. The molecule has 1 saturated heterocycles. The van der Waals surface area contributed by atoms with Crippen molar-refractivity contribution in [2.75, 3.05) is 31.2 Å². The Morgan fingerprint density at radius 3 is 2.87 bits per heavy atom. The Labute approximate surface area is 93.0 Å². The van der Waals surface area contributed by atoms with E-state index in [0.29, 0.717) is 12.0 Å². The van der Waals surface area contributed by atoms with Crippen molar-refractivity contribution in [2.45, 2.75) is 18.4 Å². The highest BCUT2D eigenvalue weighted by Crippen LogP contribution is 2.43. The van der Waals surface area contributed by atoms with Gasteiger partial charge in [-0.05, 0) is 6.42 Å². The molecule has 2 aliphatic rings. The normalized spacial score (nSPS) is 30.6. The minimum absolute atomic E-state index is 0.378. The molecule has 0 radical (unpaired) electrons. The summed E-state index contributed by atoms with van der Waals surface area (Å²) in [6.45, 7) is 3.56. The van der Waals surface area contributed by atoms with Gasteiger partial charge in [0.2, 0.25) is 0 Å². The second kappa shape index (κ2) is 3.73. The van der Waals surface area contributed by atoms with Gasteiger partial charge in [-0.3, -0.25) is 0 Å². The van der Waals surface area contributed by atoms with E-state index < -0.39 is 0 Å². The molecule has 3 rings (SSSR count). The van der Waals surface area contributed by atoms with Gasteiger partial charge in [0, 0.05) is 36.1 Å². The molecule has 2 atom stereocenters. The molecule has 1 aromatic heterocycles. The Kier molecular flexibility index (Phi) is 2.38. The Hall–Kier alpha value is -0.650. The zero-order valence-electron chi connectivity index (χ0n) is 8.56. The molecule has 82 valence electrons. The van der Waals surface area contributed by atoms with Crippen LogP contribution < -0.4 is 10.6 Å². The number of rotatable bonds is 2. The molecule has 2 heterocycles. The lowest BCUT2D eigenvalue weighted by molar-refractivity contribution is 0.122. The van der Waals surface area contributed by atoms with Gasteiger partial charge in [0.1, 0.15) is 0 Å². The molecule has 0 aromatic carbocycles. The minimum atomic E-state index is 0.378. The van der Waals surface area contributed by atoms with Crippen molar-refractivity contribution in [1.82, 2.24) is 4.98 Å². The quantitative estimate of drug-likeness (QED) is 0.808. The van der Waals surface area contributed by atoms with Crippen molar-refractivity contribution in [3.8, 4) is 0 Å². The standard InChI is InChI=1S/C10H15N3OS/c11-8-5-7(8)9-6-12-10(15-9)13-1-3-14-4-2-13/h6-8H,1-5,11H2. The van der Waals surface area contributed by atoms with Crippen LogP contribution in [-0.2, 0) is 4.74 Å². The van der Waals surface area contributed by atoms with Gasteiger partial charge in [-0.2, -0.15) is 0 Å². The monoisotopic (exact) mass is 225 g/mol. The number of hydrogen-bond acceptors (Lipinski definition) is 5.